The van der Waals surface area contributed by atoms with Crippen LogP contribution in [-0.2, 0) is 6.54 Å². The summed E-state index contributed by atoms with van der Waals surface area (Å²) < 4.78 is 3.63. The van der Waals surface area contributed by atoms with Crippen LogP contribution >= 0.6 is 11.8 Å². The zero-order valence-corrected chi connectivity index (χ0v) is 13.3. The van der Waals surface area contributed by atoms with E-state index in [9.17, 15) is 4.79 Å². The van der Waals surface area contributed by atoms with E-state index in [0.29, 0.717) is 17.7 Å². The fraction of sp³-hybridized carbons (Fsp3) is 0.118. The van der Waals surface area contributed by atoms with Crippen LogP contribution in [0.2, 0.25) is 0 Å². The van der Waals surface area contributed by atoms with Crippen LogP contribution in [0.5, 0.6) is 0 Å². The Labute approximate surface area is 136 Å². The van der Waals surface area contributed by atoms with Gasteiger partial charge < -0.3 is 0 Å². The van der Waals surface area contributed by atoms with Crippen LogP contribution in [0.25, 0.3) is 16.7 Å². The molecule has 0 bridgehead atoms. The van der Waals surface area contributed by atoms with Crippen molar-refractivity contribution in [3.63, 3.8) is 0 Å². The summed E-state index contributed by atoms with van der Waals surface area (Å²) in [5.74, 6) is 0.571. The van der Waals surface area contributed by atoms with Gasteiger partial charge >= 0.3 is 0 Å². The minimum Gasteiger partial charge on any atom is -0.272 e. The quantitative estimate of drug-likeness (QED) is 0.544. The third kappa shape index (κ3) is 2.22. The van der Waals surface area contributed by atoms with E-state index in [1.807, 2.05) is 65.3 Å². The summed E-state index contributed by atoms with van der Waals surface area (Å²) in [4.78, 5) is 12.9. The molecule has 0 radical (unpaired) electrons. The van der Waals surface area contributed by atoms with Crippen LogP contribution in [0.3, 0.4) is 0 Å². The maximum absolute atomic E-state index is 12.9. The largest absolute Gasteiger partial charge is 0.272 e. The lowest BCUT2D eigenvalue weighted by atomic mass is 10.2. The van der Waals surface area contributed by atoms with E-state index in [-0.39, 0.29) is 5.56 Å². The van der Waals surface area contributed by atoms with Crippen molar-refractivity contribution in [2.75, 3.05) is 6.26 Å². The Morgan fingerprint density at radius 1 is 1.00 bits per heavy atom. The van der Waals surface area contributed by atoms with Crippen molar-refractivity contribution in [1.82, 2.24) is 19.2 Å². The molecule has 2 aromatic carbocycles. The molecule has 0 spiro atoms. The zero-order valence-electron chi connectivity index (χ0n) is 12.5. The summed E-state index contributed by atoms with van der Waals surface area (Å²) in [6.07, 6.45) is 1.96. The molecule has 0 N–H and O–H groups in total. The normalized spacial score (nSPS) is 11.3. The first-order valence-electron chi connectivity index (χ1n) is 7.24. The van der Waals surface area contributed by atoms with Crippen LogP contribution in [0.15, 0.2) is 64.5 Å². The van der Waals surface area contributed by atoms with Crippen molar-refractivity contribution in [3.8, 4) is 0 Å². The monoisotopic (exact) mass is 322 g/mol. The number of benzene rings is 2. The molecule has 0 aliphatic rings. The highest BCUT2D eigenvalue weighted by Gasteiger charge is 2.15. The molecule has 0 atom stereocenters. The average molecular weight is 322 g/mol. The molecule has 4 rings (SSSR count). The van der Waals surface area contributed by atoms with Crippen LogP contribution in [0.1, 0.15) is 5.56 Å². The Morgan fingerprint density at radius 3 is 2.52 bits per heavy atom. The van der Waals surface area contributed by atoms with Crippen molar-refractivity contribution in [2.45, 2.75) is 11.7 Å². The van der Waals surface area contributed by atoms with E-state index >= 15 is 0 Å². The molecule has 0 fully saturated rings. The molecule has 2 heterocycles. The second-order valence-corrected chi connectivity index (χ2v) is 5.99. The van der Waals surface area contributed by atoms with Gasteiger partial charge in [0.05, 0.1) is 17.4 Å². The van der Waals surface area contributed by atoms with Gasteiger partial charge in [-0.05, 0) is 24.0 Å². The predicted octanol–water partition coefficient (Wildman–Crippen LogP) is 2.81. The topological polar surface area (TPSA) is 52.2 Å². The first-order valence-corrected chi connectivity index (χ1v) is 8.46. The molecule has 0 saturated heterocycles. The van der Waals surface area contributed by atoms with E-state index in [1.54, 1.807) is 4.57 Å². The Kier molecular flexibility index (Phi) is 3.38. The SMILES string of the molecule is CSc1nnc2n(Cc3ccccc3)c(=O)c3ccccc3n12. The van der Waals surface area contributed by atoms with Crippen molar-refractivity contribution >= 4 is 28.4 Å². The lowest BCUT2D eigenvalue weighted by molar-refractivity contribution is 0.764. The minimum absolute atomic E-state index is 0.0444. The van der Waals surface area contributed by atoms with Gasteiger partial charge in [0.25, 0.3) is 5.56 Å². The minimum atomic E-state index is -0.0444. The molecule has 0 aliphatic heterocycles. The Bertz CT molecular complexity index is 1050. The molecule has 2 aromatic heterocycles. The van der Waals surface area contributed by atoms with Crippen LogP contribution < -0.4 is 5.56 Å². The van der Waals surface area contributed by atoms with E-state index in [2.05, 4.69) is 10.2 Å². The van der Waals surface area contributed by atoms with Gasteiger partial charge in [0.2, 0.25) is 5.78 Å². The first kappa shape index (κ1) is 14.0. The average Bonchev–Trinajstić information content (AvgIpc) is 3.03. The lowest BCUT2D eigenvalue weighted by Gasteiger charge is -2.11. The molecular weight excluding hydrogens is 308 g/mol. The second kappa shape index (κ2) is 5.55. The van der Waals surface area contributed by atoms with Crippen LogP contribution in [0.4, 0.5) is 0 Å². The number of fused-ring (bicyclic) bond motifs is 3. The van der Waals surface area contributed by atoms with Gasteiger partial charge in [-0.25, -0.2) is 0 Å². The van der Waals surface area contributed by atoms with E-state index < -0.39 is 0 Å². The van der Waals surface area contributed by atoms with Gasteiger partial charge in [-0.2, -0.15) is 0 Å². The third-order valence-electron chi connectivity index (χ3n) is 3.84. The molecule has 0 aliphatic carbocycles. The highest BCUT2D eigenvalue weighted by Crippen LogP contribution is 2.20. The number of aromatic nitrogens is 4. The standard InChI is InChI=1S/C17H14N4OS/c1-23-17-19-18-16-20(11-12-7-3-2-4-8-12)15(22)13-9-5-6-10-14(13)21(16)17/h2-10H,11H2,1H3. The van der Waals surface area contributed by atoms with Gasteiger partial charge in [-0.3, -0.25) is 13.8 Å². The Morgan fingerprint density at radius 2 is 1.74 bits per heavy atom. The van der Waals surface area contributed by atoms with E-state index in [4.69, 9.17) is 0 Å². The van der Waals surface area contributed by atoms with Gasteiger partial charge in [-0.15, -0.1) is 10.2 Å². The highest BCUT2D eigenvalue weighted by molar-refractivity contribution is 7.98. The maximum atomic E-state index is 12.9. The predicted molar refractivity (Wildman–Crippen MR) is 92.1 cm³/mol. The number of nitrogens with zero attached hydrogens (tertiary/aromatic N) is 4. The summed E-state index contributed by atoms with van der Waals surface area (Å²) in [6, 6.07) is 17.5. The lowest BCUT2D eigenvalue weighted by Crippen LogP contribution is -2.24. The molecule has 0 amide bonds. The highest BCUT2D eigenvalue weighted by atomic mass is 32.2. The molecular formula is C17H14N4OS. The van der Waals surface area contributed by atoms with E-state index in [1.165, 1.54) is 11.8 Å². The smallest absolute Gasteiger partial charge is 0.263 e. The summed E-state index contributed by atoms with van der Waals surface area (Å²) in [5, 5.41) is 9.92. The fourth-order valence-corrected chi connectivity index (χ4v) is 3.26. The number of hydrogen-bond acceptors (Lipinski definition) is 4. The van der Waals surface area contributed by atoms with Crippen LogP contribution in [0, 0.1) is 0 Å². The number of rotatable bonds is 3. The number of hydrogen-bond donors (Lipinski definition) is 0. The molecule has 0 unspecified atom stereocenters. The molecule has 114 valence electrons. The van der Waals surface area contributed by atoms with Crippen molar-refractivity contribution in [2.24, 2.45) is 0 Å². The molecule has 4 aromatic rings. The molecule has 6 heteroatoms. The molecule has 5 nitrogen and oxygen atoms in total. The Hall–Kier alpha value is -2.60. The van der Waals surface area contributed by atoms with Crippen molar-refractivity contribution in [3.05, 3.63) is 70.5 Å². The zero-order chi connectivity index (χ0) is 15.8. The second-order valence-electron chi connectivity index (χ2n) is 5.22. The molecule has 0 saturated carbocycles. The summed E-state index contributed by atoms with van der Waals surface area (Å²) in [6.45, 7) is 0.473. The van der Waals surface area contributed by atoms with Gasteiger partial charge in [0, 0.05) is 0 Å². The summed E-state index contributed by atoms with van der Waals surface area (Å²) in [5.41, 5.74) is 1.85. The van der Waals surface area contributed by atoms with Gasteiger partial charge in [0.15, 0.2) is 5.16 Å². The number of para-hydroxylation sites is 1. The van der Waals surface area contributed by atoms with Crippen molar-refractivity contribution < 1.29 is 0 Å². The number of thioether (sulfide) groups is 1. The fourth-order valence-electron chi connectivity index (χ4n) is 2.77. The van der Waals surface area contributed by atoms with E-state index in [0.717, 1.165) is 16.2 Å². The van der Waals surface area contributed by atoms with Gasteiger partial charge in [-0.1, -0.05) is 54.2 Å². The first-order chi connectivity index (χ1) is 11.3. The van der Waals surface area contributed by atoms with Gasteiger partial charge in [0.1, 0.15) is 0 Å². The van der Waals surface area contributed by atoms with Crippen LogP contribution in [-0.4, -0.2) is 25.4 Å². The Balaban J connectivity index is 2.08. The molecule has 23 heavy (non-hydrogen) atoms. The summed E-state index contributed by atoms with van der Waals surface area (Å²) in [7, 11) is 0. The maximum Gasteiger partial charge on any atom is 0.263 e. The van der Waals surface area contributed by atoms with Crippen molar-refractivity contribution in [1.29, 1.82) is 0 Å². The summed E-state index contributed by atoms with van der Waals surface area (Å²) >= 11 is 1.51. The third-order valence-corrected chi connectivity index (χ3v) is 4.47.